The fourth-order valence-corrected chi connectivity index (χ4v) is 3.77. The van der Waals surface area contributed by atoms with E-state index in [1.54, 1.807) is 4.57 Å². The Morgan fingerprint density at radius 2 is 1.68 bits per heavy atom. The largest absolute Gasteiger partial charge is 0.462 e. The van der Waals surface area contributed by atoms with E-state index in [2.05, 4.69) is 26.0 Å². The molecule has 6 heteroatoms. The molecule has 6 nitrogen and oxygen atoms in total. The Hall–Kier alpha value is -3.41. The van der Waals surface area contributed by atoms with Gasteiger partial charge in [-0.25, -0.2) is 14.8 Å². The van der Waals surface area contributed by atoms with Gasteiger partial charge in [0.1, 0.15) is 16.9 Å². The van der Waals surface area contributed by atoms with Gasteiger partial charge in [0.15, 0.2) is 5.65 Å². The maximum absolute atomic E-state index is 13.0. The normalized spacial score (nSPS) is 11.3. The molecule has 0 saturated heterocycles. The van der Waals surface area contributed by atoms with Crippen molar-refractivity contribution in [1.29, 1.82) is 0 Å². The Morgan fingerprint density at radius 1 is 0.968 bits per heavy atom. The summed E-state index contributed by atoms with van der Waals surface area (Å²) in [5, 5.41) is 0. The number of hydrogen-bond acceptors (Lipinski definition) is 5. The number of anilines is 1. The van der Waals surface area contributed by atoms with Crippen LogP contribution in [0, 0.1) is 0 Å². The van der Waals surface area contributed by atoms with E-state index in [0.29, 0.717) is 29.1 Å². The van der Waals surface area contributed by atoms with Gasteiger partial charge < -0.3 is 10.5 Å². The van der Waals surface area contributed by atoms with Gasteiger partial charge in [-0.3, -0.25) is 4.57 Å². The zero-order valence-electron chi connectivity index (χ0n) is 18.1. The molecule has 0 amide bonds. The van der Waals surface area contributed by atoms with E-state index in [0.717, 1.165) is 43.3 Å². The Bertz CT molecular complexity index is 1210. The highest BCUT2D eigenvalue weighted by Gasteiger charge is 2.25. The van der Waals surface area contributed by atoms with Crippen LogP contribution in [-0.2, 0) is 11.2 Å². The highest BCUT2D eigenvalue weighted by molar-refractivity contribution is 6.09. The Labute approximate surface area is 182 Å². The second-order valence-electron chi connectivity index (χ2n) is 7.70. The molecule has 4 aromatic rings. The molecule has 2 heterocycles. The van der Waals surface area contributed by atoms with Gasteiger partial charge in [0, 0.05) is 5.69 Å². The number of unbranched alkanes of at least 4 members (excludes halogenated alkanes) is 3. The number of nitrogen functional groups attached to an aromatic ring is 1. The number of aromatic nitrogens is 3. The minimum atomic E-state index is -0.451. The molecule has 2 aromatic heterocycles. The molecule has 4 rings (SSSR count). The van der Waals surface area contributed by atoms with E-state index in [9.17, 15) is 4.79 Å². The van der Waals surface area contributed by atoms with Crippen molar-refractivity contribution in [2.45, 2.75) is 46.0 Å². The van der Waals surface area contributed by atoms with Crippen molar-refractivity contribution in [3.63, 3.8) is 0 Å². The van der Waals surface area contributed by atoms with Gasteiger partial charge in [-0.05, 0) is 42.7 Å². The number of para-hydroxylation sites is 2. The summed E-state index contributed by atoms with van der Waals surface area (Å²) in [5.74, 6) is -0.152. The quantitative estimate of drug-likeness (QED) is 0.305. The standard InChI is InChI=1S/C25H28N4O2/c1-3-5-6-9-16-31-25(30)21-22-24(28-20-11-8-7-10-19(20)27-22)29(23(21)26)18-14-12-17(4-2)13-15-18/h7-8,10-15H,3-6,9,16,26H2,1-2H3. The van der Waals surface area contributed by atoms with Gasteiger partial charge in [-0.15, -0.1) is 0 Å². The summed E-state index contributed by atoms with van der Waals surface area (Å²) in [6.07, 6.45) is 5.08. The van der Waals surface area contributed by atoms with E-state index in [-0.39, 0.29) is 5.56 Å². The first kappa shape index (κ1) is 20.8. The second kappa shape index (κ2) is 9.16. The summed E-state index contributed by atoms with van der Waals surface area (Å²) in [5.41, 5.74) is 11.3. The predicted octanol–water partition coefficient (Wildman–Crippen LogP) is 5.46. The smallest absolute Gasteiger partial charge is 0.344 e. The van der Waals surface area contributed by atoms with Crippen molar-refractivity contribution in [3.05, 3.63) is 59.7 Å². The van der Waals surface area contributed by atoms with E-state index in [1.165, 1.54) is 5.56 Å². The number of ether oxygens (including phenoxy) is 1. The van der Waals surface area contributed by atoms with Gasteiger partial charge in [0.05, 0.1) is 17.6 Å². The highest BCUT2D eigenvalue weighted by Crippen LogP contribution is 2.31. The lowest BCUT2D eigenvalue weighted by molar-refractivity contribution is 0.0501. The molecule has 0 bridgehead atoms. The topological polar surface area (TPSA) is 83.0 Å². The molecule has 0 radical (unpaired) electrons. The zero-order chi connectivity index (χ0) is 21.8. The number of esters is 1. The van der Waals surface area contributed by atoms with E-state index in [4.69, 9.17) is 20.4 Å². The van der Waals surface area contributed by atoms with Gasteiger partial charge in [0.2, 0.25) is 0 Å². The third kappa shape index (κ3) is 4.10. The Kier molecular flexibility index (Phi) is 6.16. The second-order valence-corrected chi connectivity index (χ2v) is 7.70. The summed E-state index contributed by atoms with van der Waals surface area (Å²) >= 11 is 0. The van der Waals surface area contributed by atoms with Crippen molar-refractivity contribution in [3.8, 4) is 5.69 Å². The minimum absolute atomic E-state index is 0.281. The molecule has 0 saturated carbocycles. The van der Waals surface area contributed by atoms with Gasteiger partial charge in [-0.2, -0.15) is 0 Å². The fraction of sp³-hybridized carbons (Fsp3) is 0.320. The third-order valence-electron chi connectivity index (χ3n) is 5.54. The molecule has 0 atom stereocenters. The van der Waals surface area contributed by atoms with Gasteiger partial charge >= 0.3 is 5.97 Å². The molecule has 160 valence electrons. The van der Waals surface area contributed by atoms with Crippen LogP contribution in [0.5, 0.6) is 0 Å². The van der Waals surface area contributed by atoms with Crippen LogP contribution in [0.4, 0.5) is 5.82 Å². The monoisotopic (exact) mass is 416 g/mol. The molecule has 0 aliphatic rings. The van der Waals surface area contributed by atoms with Crippen LogP contribution < -0.4 is 5.73 Å². The van der Waals surface area contributed by atoms with Crippen molar-refractivity contribution >= 4 is 34.0 Å². The van der Waals surface area contributed by atoms with Crippen molar-refractivity contribution < 1.29 is 9.53 Å². The predicted molar refractivity (Wildman–Crippen MR) is 125 cm³/mol. The van der Waals surface area contributed by atoms with Crippen molar-refractivity contribution in [2.24, 2.45) is 0 Å². The fourth-order valence-electron chi connectivity index (χ4n) is 3.77. The number of aryl methyl sites for hydroxylation is 1. The zero-order valence-corrected chi connectivity index (χ0v) is 18.1. The Balaban J connectivity index is 1.81. The number of rotatable bonds is 8. The first-order chi connectivity index (χ1) is 15.1. The lowest BCUT2D eigenvalue weighted by Gasteiger charge is -2.09. The SMILES string of the molecule is CCCCCCOC(=O)c1c(N)n(-c2ccc(CC)cc2)c2nc3ccccc3nc12. The van der Waals surface area contributed by atoms with Crippen molar-refractivity contribution in [2.75, 3.05) is 12.3 Å². The van der Waals surface area contributed by atoms with Crippen LogP contribution in [0.1, 0.15) is 55.5 Å². The van der Waals surface area contributed by atoms with Crippen LogP contribution in [0.25, 0.3) is 27.9 Å². The average molecular weight is 417 g/mol. The molecule has 2 N–H and O–H groups in total. The highest BCUT2D eigenvalue weighted by atomic mass is 16.5. The number of hydrogen-bond donors (Lipinski definition) is 1. The summed E-state index contributed by atoms with van der Waals surface area (Å²) in [4.78, 5) is 22.5. The van der Waals surface area contributed by atoms with Crippen LogP contribution in [-0.4, -0.2) is 27.1 Å². The lowest BCUT2D eigenvalue weighted by Crippen LogP contribution is -2.10. The van der Waals surface area contributed by atoms with Crippen LogP contribution >= 0.6 is 0 Å². The van der Waals surface area contributed by atoms with Gasteiger partial charge in [-0.1, -0.05) is 57.4 Å². The number of benzene rings is 2. The molecule has 2 aromatic carbocycles. The van der Waals surface area contributed by atoms with Gasteiger partial charge in [0.25, 0.3) is 0 Å². The Morgan fingerprint density at radius 3 is 2.35 bits per heavy atom. The first-order valence-corrected chi connectivity index (χ1v) is 11.0. The van der Waals surface area contributed by atoms with Crippen LogP contribution in [0.15, 0.2) is 48.5 Å². The van der Waals surface area contributed by atoms with E-state index in [1.807, 2.05) is 36.4 Å². The molecule has 0 fully saturated rings. The number of nitrogens with two attached hydrogens (primary N) is 1. The third-order valence-corrected chi connectivity index (χ3v) is 5.54. The molecule has 0 unspecified atom stereocenters. The summed E-state index contributed by atoms with van der Waals surface area (Å²) < 4.78 is 7.35. The number of fused-ring (bicyclic) bond motifs is 2. The minimum Gasteiger partial charge on any atom is -0.462 e. The van der Waals surface area contributed by atoms with Crippen LogP contribution in [0.3, 0.4) is 0 Å². The number of nitrogens with zero attached hydrogens (tertiary/aromatic N) is 3. The molecular formula is C25H28N4O2. The average Bonchev–Trinajstić information content (AvgIpc) is 3.08. The maximum Gasteiger partial charge on any atom is 0.344 e. The molecule has 0 aliphatic heterocycles. The van der Waals surface area contributed by atoms with Crippen LogP contribution in [0.2, 0.25) is 0 Å². The maximum atomic E-state index is 13.0. The summed E-state index contributed by atoms with van der Waals surface area (Å²) in [6, 6.07) is 15.7. The number of carbonyl (C=O) groups is 1. The first-order valence-electron chi connectivity index (χ1n) is 11.0. The number of carbonyl (C=O) groups excluding carboxylic acids is 1. The molecule has 31 heavy (non-hydrogen) atoms. The summed E-state index contributed by atoms with van der Waals surface area (Å²) in [7, 11) is 0. The van der Waals surface area contributed by atoms with E-state index >= 15 is 0 Å². The molecule has 0 aliphatic carbocycles. The van der Waals surface area contributed by atoms with Crippen molar-refractivity contribution in [1.82, 2.24) is 14.5 Å². The molecule has 0 spiro atoms. The molecular weight excluding hydrogens is 388 g/mol. The van der Waals surface area contributed by atoms with E-state index < -0.39 is 5.97 Å². The summed E-state index contributed by atoms with van der Waals surface area (Å²) in [6.45, 7) is 4.63. The lowest BCUT2D eigenvalue weighted by atomic mass is 10.1.